The molecule has 0 aliphatic rings. The molecular weight excluding hydrogens is 417 g/mol. The van der Waals surface area contributed by atoms with E-state index < -0.39 is 42.0 Å². The van der Waals surface area contributed by atoms with Crippen molar-refractivity contribution in [2.24, 2.45) is 5.73 Å². The molecule has 2 aromatic heterocycles. The van der Waals surface area contributed by atoms with Gasteiger partial charge in [0.15, 0.2) is 0 Å². The van der Waals surface area contributed by atoms with Crippen molar-refractivity contribution in [1.82, 2.24) is 9.55 Å². The number of aromatic nitrogens is 2. The van der Waals surface area contributed by atoms with Crippen LogP contribution in [0.4, 0.5) is 22.0 Å². The summed E-state index contributed by atoms with van der Waals surface area (Å²) in [5.41, 5.74) is 4.17. The van der Waals surface area contributed by atoms with Crippen LogP contribution in [-0.2, 0) is 10.7 Å². The monoisotopic (exact) mass is 429 g/mol. The molecule has 0 spiro atoms. The number of nitrogens with zero attached hydrogens (tertiary/aromatic N) is 2. The van der Waals surface area contributed by atoms with Crippen LogP contribution in [0.3, 0.4) is 0 Å². The van der Waals surface area contributed by atoms with E-state index in [1.807, 2.05) is 0 Å². The van der Waals surface area contributed by atoms with Crippen LogP contribution in [-0.4, -0.2) is 32.9 Å². The van der Waals surface area contributed by atoms with Gasteiger partial charge in [0.2, 0.25) is 0 Å². The Morgan fingerprint density at radius 1 is 1.10 bits per heavy atom. The minimum atomic E-state index is -4.98. The third-order valence-electron chi connectivity index (χ3n) is 3.97. The molecule has 158 valence electrons. The number of carboxylic acid groups (broad SMARTS) is 1. The first-order valence-corrected chi connectivity index (χ1v) is 8.16. The molecule has 0 atom stereocenters. The second kappa shape index (κ2) is 7.28. The highest BCUT2D eigenvalue weighted by atomic mass is 19.4. The Bertz CT molecular complexity index is 1140. The summed E-state index contributed by atoms with van der Waals surface area (Å²) in [6, 6.07) is 7.67. The van der Waals surface area contributed by atoms with Crippen molar-refractivity contribution in [3.8, 4) is 11.6 Å². The van der Waals surface area contributed by atoms with Gasteiger partial charge in [-0.25, -0.2) is 4.98 Å². The minimum absolute atomic E-state index is 0.0169. The lowest BCUT2D eigenvalue weighted by Crippen LogP contribution is -2.21. The quantitative estimate of drug-likeness (QED) is 0.583. The van der Waals surface area contributed by atoms with Crippen LogP contribution >= 0.6 is 0 Å². The summed E-state index contributed by atoms with van der Waals surface area (Å²) in [6.07, 6.45) is -6.50. The number of primary amides is 1. The zero-order chi connectivity index (χ0) is 22.3. The number of ether oxygens (including phenoxy) is 1. The fourth-order valence-electron chi connectivity index (χ4n) is 2.84. The van der Waals surface area contributed by atoms with Gasteiger partial charge in [0.25, 0.3) is 11.8 Å². The van der Waals surface area contributed by atoms with Gasteiger partial charge < -0.3 is 15.6 Å². The SMILES string of the molecule is NC(=O)c1cc2ccc(OC(F)(F)F)cc2n1-c1cccc(C(F)(F)CC(=O)O)n1. The summed E-state index contributed by atoms with van der Waals surface area (Å²) in [5.74, 6) is -7.47. The molecule has 0 bridgehead atoms. The summed E-state index contributed by atoms with van der Waals surface area (Å²) in [7, 11) is 0. The number of hydrogen-bond donors (Lipinski definition) is 2. The Morgan fingerprint density at radius 3 is 2.40 bits per heavy atom. The molecule has 1 aromatic carbocycles. The first-order chi connectivity index (χ1) is 13.9. The van der Waals surface area contributed by atoms with Gasteiger partial charge in [0.05, 0.1) is 5.52 Å². The molecule has 0 fully saturated rings. The van der Waals surface area contributed by atoms with Crippen LogP contribution in [0.25, 0.3) is 16.7 Å². The van der Waals surface area contributed by atoms with Crippen molar-refractivity contribution < 1.29 is 41.4 Å². The maximum Gasteiger partial charge on any atom is 0.573 e. The Balaban J connectivity index is 2.20. The summed E-state index contributed by atoms with van der Waals surface area (Å²) >= 11 is 0. The molecule has 3 aromatic rings. The number of benzene rings is 1. The summed E-state index contributed by atoms with van der Waals surface area (Å²) in [6.45, 7) is 0. The molecule has 3 N–H and O–H groups in total. The number of carboxylic acids is 1. The largest absolute Gasteiger partial charge is 0.573 e. The van der Waals surface area contributed by atoms with Gasteiger partial charge in [-0.1, -0.05) is 6.07 Å². The second-order valence-electron chi connectivity index (χ2n) is 6.15. The molecule has 7 nitrogen and oxygen atoms in total. The summed E-state index contributed by atoms with van der Waals surface area (Å²) in [5, 5.41) is 8.93. The smallest absolute Gasteiger partial charge is 0.481 e. The zero-order valence-corrected chi connectivity index (χ0v) is 14.8. The van der Waals surface area contributed by atoms with Crippen LogP contribution in [0.1, 0.15) is 22.6 Å². The molecule has 0 radical (unpaired) electrons. The maximum absolute atomic E-state index is 14.2. The maximum atomic E-state index is 14.2. The standard InChI is InChI=1S/C18H12F5N3O4/c19-17(20,8-15(27)28)13-2-1-3-14(25-13)26-11-7-10(30-18(21,22)23)5-4-9(11)6-12(26)16(24)29/h1-7H,8H2,(H2,24,29)(H,27,28). The van der Waals surface area contributed by atoms with E-state index in [1.54, 1.807) is 0 Å². The van der Waals surface area contributed by atoms with Gasteiger partial charge in [-0.05, 0) is 30.3 Å². The van der Waals surface area contributed by atoms with Gasteiger partial charge in [-0.3, -0.25) is 14.2 Å². The van der Waals surface area contributed by atoms with E-state index in [-0.39, 0.29) is 22.4 Å². The number of aliphatic carboxylic acids is 1. The number of pyridine rings is 1. The number of carbonyl (C=O) groups excluding carboxylic acids is 1. The van der Waals surface area contributed by atoms with E-state index in [2.05, 4.69) is 9.72 Å². The summed E-state index contributed by atoms with van der Waals surface area (Å²) in [4.78, 5) is 26.3. The highest BCUT2D eigenvalue weighted by Crippen LogP contribution is 2.33. The third-order valence-corrected chi connectivity index (χ3v) is 3.97. The van der Waals surface area contributed by atoms with Crippen molar-refractivity contribution in [1.29, 1.82) is 0 Å². The van der Waals surface area contributed by atoms with E-state index in [0.717, 1.165) is 28.8 Å². The van der Waals surface area contributed by atoms with Crippen LogP contribution in [0, 0.1) is 0 Å². The van der Waals surface area contributed by atoms with Crippen molar-refractivity contribution in [2.45, 2.75) is 18.7 Å². The average molecular weight is 429 g/mol. The van der Waals surface area contributed by atoms with E-state index in [1.165, 1.54) is 18.2 Å². The normalized spacial score (nSPS) is 12.2. The fraction of sp³-hybridized carbons (Fsp3) is 0.167. The molecular formula is C18H12F5N3O4. The molecule has 12 heteroatoms. The number of rotatable bonds is 6. The van der Waals surface area contributed by atoms with Gasteiger partial charge >= 0.3 is 12.3 Å². The number of carbonyl (C=O) groups is 2. The predicted octanol–water partition coefficient (Wildman–Crippen LogP) is 3.59. The van der Waals surface area contributed by atoms with Gasteiger partial charge in [-0.2, -0.15) is 8.78 Å². The molecule has 2 heterocycles. The fourth-order valence-corrected chi connectivity index (χ4v) is 2.84. The van der Waals surface area contributed by atoms with Crippen molar-refractivity contribution in [3.63, 3.8) is 0 Å². The molecule has 0 unspecified atom stereocenters. The Labute approximate surface area is 164 Å². The van der Waals surface area contributed by atoms with Crippen molar-refractivity contribution >= 4 is 22.8 Å². The molecule has 30 heavy (non-hydrogen) atoms. The Hall–Kier alpha value is -3.70. The van der Waals surface area contributed by atoms with E-state index in [9.17, 15) is 31.5 Å². The van der Waals surface area contributed by atoms with Gasteiger partial charge in [0, 0.05) is 11.5 Å². The van der Waals surface area contributed by atoms with Crippen LogP contribution in [0.15, 0.2) is 42.5 Å². The van der Waals surface area contributed by atoms with Crippen LogP contribution < -0.4 is 10.5 Å². The van der Waals surface area contributed by atoms with Crippen LogP contribution in [0.5, 0.6) is 5.75 Å². The summed E-state index contributed by atoms with van der Waals surface area (Å²) < 4.78 is 70.8. The van der Waals surface area contributed by atoms with Crippen LogP contribution in [0.2, 0.25) is 0 Å². The average Bonchev–Trinajstić information content (AvgIpc) is 2.98. The number of fused-ring (bicyclic) bond motifs is 1. The number of amides is 1. The minimum Gasteiger partial charge on any atom is -0.481 e. The molecule has 0 saturated carbocycles. The highest BCUT2D eigenvalue weighted by molar-refractivity contribution is 5.99. The number of hydrogen-bond acceptors (Lipinski definition) is 4. The Morgan fingerprint density at radius 2 is 1.80 bits per heavy atom. The van der Waals surface area contributed by atoms with E-state index >= 15 is 0 Å². The van der Waals surface area contributed by atoms with E-state index in [4.69, 9.17) is 10.8 Å². The molecule has 3 rings (SSSR count). The molecule has 1 amide bonds. The lowest BCUT2D eigenvalue weighted by atomic mass is 10.1. The topological polar surface area (TPSA) is 107 Å². The number of halogens is 5. The first-order valence-electron chi connectivity index (χ1n) is 8.16. The lowest BCUT2D eigenvalue weighted by molar-refractivity contribution is -0.274. The molecule has 0 aliphatic heterocycles. The molecule has 0 aliphatic carbocycles. The highest BCUT2D eigenvalue weighted by Gasteiger charge is 2.37. The van der Waals surface area contributed by atoms with Gasteiger partial charge in [0.1, 0.15) is 29.4 Å². The van der Waals surface area contributed by atoms with Crippen molar-refractivity contribution in [3.05, 3.63) is 53.9 Å². The predicted molar refractivity (Wildman–Crippen MR) is 92.4 cm³/mol. The lowest BCUT2D eigenvalue weighted by Gasteiger charge is -2.16. The zero-order valence-electron chi connectivity index (χ0n) is 14.8. The van der Waals surface area contributed by atoms with E-state index in [0.29, 0.717) is 0 Å². The third kappa shape index (κ3) is 4.31. The van der Waals surface area contributed by atoms with Crippen molar-refractivity contribution in [2.75, 3.05) is 0 Å². The second-order valence-corrected chi connectivity index (χ2v) is 6.15. The molecule has 0 saturated heterocycles. The Kier molecular flexibility index (Phi) is 5.10. The number of alkyl halides is 5. The number of nitrogens with two attached hydrogens (primary N) is 1. The van der Waals surface area contributed by atoms with Gasteiger partial charge in [-0.15, -0.1) is 13.2 Å². The first kappa shape index (κ1) is 21.0.